The van der Waals surface area contributed by atoms with Crippen LogP contribution >= 0.6 is 12.4 Å². The molecule has 1 aromatic heterocycles. The van der Waals surface area contributed by atoms with Gasteiger partial charge in [0, 0.05) is 31.1 Å². The molecule has 27 heavy (non-hydrogen) atoms. The molecule has 0 aliphatic carbocycles. The molecule has 3 heterocycles. The smallest absolute Gasteiger partial charge is 0.242 e. The standard InChI is InChI=1S/C19H25N5O2.ClH/c1-13-16(20-9-12-26-13)19(25)24-10-7-15(8-11-24)18-21-17(22-23-18)14-5-3-2-4-6-14;/h2-6,13,15-16,20H,7-12H2,1H3,(H,21,22,23);1H/t13-,16+;/m1./s1. The Balaban J connectivity index is 0.00000210. The maximum absolute atomic E-state index is 12.7. The highest BCUT2D eigenvalue weighted by Gasteiger charge is 2.34. The fraction of sp³-hybridized carbons (Fsp3) is 0.526. The Bertz CT molecular complexity index is 746. The number of amides is 1. The van der Waals surface area contributed by atoms with Gasteiger partial charge in [0.25, 0.3) is 0 Å². The number of piperidine rings is 1. The number of morpholine rings is 1. The Morgan fingerprint density at radius 3 is 2.67 bits per heavy atom. The quantitative estimate of drug-likeness (QED) is 0.835. The fourth-order valence-electron chi connectivity index (χ4n) is 3.75. The van der Waals surface area contributed by atoms with E-state index >= 15 is 0 Å². The van der Waals surface area contributed by atoms with Crippen molar-refractivity contribution in [3.05, 3.63) is 36.2 Å². The van der Waals surface area contributed by atoms with Gasteiger partial charge in [-0.3, -0.25) is 9.89 Å². The molecule has 7 nitrogen and oxygen atoms in total. The van der Waals surface area contributed by atoms with Crippen LogP contribution < -0.4 is 5.32 Å². The molecule has 4 rings (SSSR count). The first kappa shape index (κ1) is 19.8. The number of nitrogens with one attached hydrogen (secondary N) is 2. The molecule has 2 fully saturated rings. The minimum Gasteiger partial charge on any atom is -0.375 e. The minimum atomic E-state index is -0.227. The van der Waals surface area contributed by atoms with Crippen LogP contribution in [-0.2, 0) is 9.53 Å². The van der Waals surface area contributed by atoms with Gasteiger partial charge in [-0.05, 0) is 19.8 Å². The summed E-state index contributed by atoms with van der Waals surface area (Å²) in [5.74, 6) is 2.12. The molecular formula is C19H26ClN5O2. The summed E-state index contributed by atoms with van der Waals surface area (Å²) in [4.78, 5) is 19.4. The fourth-order valence-corrected chi connectivity index (χ4v) is 3.75. The number of carbonyl (C=O) groups is 1. The van der Waals surface area contributed by atoms with Crippen molar-refractivity contribution in [2.45, 2.75) is 37.8 Å². The summed E-state index contributed by atoms with van der Waals surface area (Å²) >= 11 is 0. The number of nitrogens with zero attached hydrogens (tertiary/aromatic N) is 3. The summed E-state index contributed by atoms with van der Waals surface area (Å²) < 4.78 is 5.60. The molecule has 146 valence electrons. The number of halogens is 1. The van der Waals surface area contributed by atoms with Crippen molar-refractivity contribution in [2.24, 2.45) is 0 Å². The Hall–Kier alpha value is -1.96. The van der Waals surface area contributed by atoms with Crippen molar-refractivity contribution >= 4 is 18.3 Å². The normalized spacial score (nSPS) is 23.7. The predicted molar refractivity (Wildman–Crippen MR) is 105 cm³/mol. The number of hydrogen-bond donors (Lipinski definition) is 2. The van der Waals surface area contributed by atoms with Gasteiger partial charge in [-0.2, -0.15) is 5.10 Å². The predicted octanol–water partition coefficient (Wildman–Crippen LogP) is 1.98. The number of aromatic nitrogens is 3. The zero-order chi connectivity index (χ0) is 17.9. The van der Waals surface area contributed by atoms with Gasteiger partial charge in [0.05, 0.1) is 12.7 Å². The number of H-pyrrole nitrogens is 1. The molecular weight excluding hydrogens is 366 g/mol. The number of likely N-dealkylation sites (tertiary alicyclic amines) is 1. The van der Waals surface area contributed by atoms with E-state index in [0.29, 0.717) is 12.5 Å². The van der Waals surface area contributed by atoms with E-state index in [-0.39, 0.29) is 30.5 Å². The zero-order valence-corrected chi connectivity index (χ0v) is 16.2. The Morgan fingerprint density at radius 1 is 1.22 bits per heavy atom. The maximum atomic E-state index is 12.7. The Kier molecular flexibility index (Phi) is 6.46. The average Bonchev–Trinajstić information content (AvgIpc) is 3.19. The van der Waals surface area contributed by atoms with Gasteiger partial charge in [-0.1, -0.05) is 30.3 Å². The summed E-state index contributed by atoms with van der Waals surface area (Å²) in [7, 11) is 0. The van der Waals surface area contributed by atoms with Crippen LogP contribution in [0.25, 0.3) is 11.4 Å². The number of ether oxygens (including phenoxy) is 1. The van der Waals surface area contributed by atoms with Crippen LogP contribution in [0.1, 0.15) is 31.5 Å². The molecule has 0 radical (unpaired) electrons. The highest BCUT2D eigenvalue weighted by Crippen LogP contribution is 2.27. The number of rotatable bonds is 3. The Morgan fingerprint density at radius 2 is 1.96 bits per heavy atom. The first-order valence-electron chi connectivity index (χ1n) is 9.34. The van der Waals surface area contributed by atoms with Crippen molar-refractivity contribution in [1.29, 1.82) is 0 Å². The molecule has 2 aliphatic heterocycles. The second-order valence-electron chi connectivity index (χ2n) is 7.02. The molecule has 2 aromatic rings. The molecule has 2 saturated heterocycles. The summed E-state index contributed by atoms with van der Waals surface area (Å²) in [6.07, 6.45) is 1.73. The second kappa shape index (κ2) is 8.82. The molecule has 1 aromatic carbocycles. The average molecular weight is 392 g/mol. The largest absolute Gasteiger partial charge is 0.375 e. The number of hydrogen-bond acceptors (Lipinski definition) is 5. The van der Waals surface area contributed by atoms with Crippen LogP contribution in [0, 0.1) is 0 Å². The zero-order valence-electron chi connectivity index (χ0n) is 15.4. The molecule has 0 bridgehead atoms. The first-order valence-corrected chi connectivity index (χ1v) is 9.34. The lowest BCUT2D eigenvalue weighted by Crippen LogP contribution is -2.57. The third-order valence-electron chi connectivity index (χ3n) is 5.31. The highest BCUT2D eigenvalue weighted by molar-refractivity contribution is 5.85. The maximum Gasteiger partial charge on any atom is 0.242 e. The van der Waals surface area contributed by atoms with Crippen LogP contribution in [0.2, 0.25) is 0 Å². The summed E-state index contributed by atoms with van der Waals surface area (Å²) in [6, 6.07) is 9.74. The third kappa shape index (κ3) is 4.31. The van der Waals surface area contributed by atoms with E-state index in [1.807, 2.05) is 42.2 Å². The van der Waals surface area contributed by atoms with Gasteiger partial charge in [0.15, 0.2) is 5.82 Å². The van der Waals surface area contributed by atoms with E-state index in [4.69, 9.17) is 4.74 Å². The van der Waals surface area contributed by atoms with E-state index in [0.717, 1.165) is 49.7 Å². The van der Waals surface area contributed by atoms with Gasteiger partial charge >= 0.3 is 0 Å². The van der Waals surface area contributed by atoms with Crippen LogP contribution in [0.3, 0.4) is 0 Å². The van der Waals surface area contributed by atoms with Crippen LogP contribution in [-0.4, -0.2) is 64.4 Å². The molecule has 0 spiro atoms. The molecule has 2 N–H and O–H groups in total. The van der Waals surface area contributed by atoms with E-state index in [2.05, 4.69) is 20.5 Å². The van der Waals surface area contributed by atoms with Crippen molar-refractivity contribution in [2.75, 3.05) is 26.2 Å². The third-order valence-corrected chi connectivity index (χ3v) is 5.31. The van der Waals surface area contributed by atoms with Crippen molar-refractivity contribution < 1.29 is 9.53 Å². The van der Waals surface area contributed by atoms with E-state index in [1.54, 1.807) is 0 Å². The number of carbonyl (C=O) groups excluding carboxylic acids is 1. The SMILES string of the molecule is C[C@H]1OCCN[C@@H]1C(=O)N1CCC(c2nc(-c3ccccc3)n[nH]2)CC1.Cl. The summed E-state index contributed by atoms with van der Waals surface area (Å²) in [5.41, 5.74) is 1.01. The lowest BCUT2D eigenvalue weighted by atomic mass is 9.95. The minimum absolute atomic E-state index is 0. The van der Waals surface area contributed by atoms with E-state index < -0.39 is 0 Å². The van der Waals surface area contributed by atoms with Gasteiger partial charge in [-0.15, -0.1) is 12.4 Å². The van der Waals surface area contributed by atoms with Gasteiger partial charge in [-0.25, -0.2) is 4.98 Å². The molecule has 8 heteroatoms. The van der Waals surface area contributed by atoms with E-state index in [9.17, 15) is 4.79 Å². The summed E-state index contributed by atoms with van der Waals surface area (Å²) in [5, 5.41) is 10.7. The monoisotopic (exact) mass is 391 g/mol. The van der Waals surface area contributed by atoms with Gasteiger partial charge < -0.3 is 15.0 Å². The second-order valence-corrected chi connectivity index (χ2v) is 7.02. The molecule has 0 saturated carbocycles. The number of benzene rings is 1. The molecule has 2 atom stereocenters. The molecule has 2 aliphatic rings. The van der Waals surface area contributed by atoms with Crippen molar-refractivity contribution in [3.63, 3.8) is 0 Å². The Labute approximate surface area is 165 Å². The van der Waals surface area contributed by atoms with Gasteiger partial charge in [0.1, 0.15) is 11.9 Å². The van der Waals surface area contributed by atoms with Crippen LogP contribution in [0.5, 0.6) is 0 Å². The lowest BCUT2D eigenvalue weighted by molar-refractivity contribution is -0.140. The first-order chi connectivity index (χ1) is 12.7. The lowest BCUT2D eigenvalue weighted by Gasteiger charge is -2.37. The molecule has 1 amide bonds. The number of aromatic amines is 1. The van der Waals surface area contributed by atoms with E-state index in [1.165, 1.54) is 0 Å². The van der Waals surface area contributed by atoms with Gasteiger partial charge in [0.2, 0.25) is 5.91 Å². The van der Waals surface area contributed by atoms with Crippen molar-refractivity contribution in [3.8, 4) is 11.4 Å². The topological polar surface area (TPSA) is 83.1 Å². The summed E-state index contributed by atoms with van der Waals surface area (Å²) in [6.45, 7) is 4.85. The highest BCUT2D eigenvalue weighted by atomic mass is 35.5. The van der Waals surface area contributed by atoms with Crippen LogP contribution in [0.15, 0.2) is 30.3 Å². The van der Waals surface area contributed by atoms with Crippen LogP contribution in [0.4, 0.5) is 0 Å². The van der Waals surface area contributed by atoms with Crippen molar-refractivity contribution in [1.82, 2.24) is 25.4 Å². The molecule has 0 unspecified atom stereocenters.